The number of amides is 2. The molecule has 0 bridgehead atoms. The molecule has 24 heavy (non-hydrogen) atoms. The third-order valence-corrected chi connectivity index (χ3v) is 5.35. The molecule has 0 saturated carbocycles. The van der Waals surface area contributed by atoms with E-state index in [0.29, 0.717) is 6.54 Å². The van der Waals surface area contributed by atoms with Crippen LogP contribution < -0.4 is 15.1 Å². The second-order valence-corrected chi connectivity index (χ2v) is 7.01. The van der Waals surface area contributed by atoms with Crippen molar-refractivity contribution in [1.82, 2.24) is 10.3 Å². The lowest BCUT2D eigenvalue weighted by atomic mass is 10.1. The molecule has 7 heteroatoms. The van der Waals surface area contributed by atoms with Crippen LogP contribution in [0.2, 0.25) is 0 Å². The highest BCUT2D eigenvalue weighted by Gasteiger charge is 2.41. The van der Waals surface area contributed by atoms with Crippen LogP contribution in [0.25, 0.3) is 0 Å². The number of hydrogen-bond acceptors (Lipinski definition) is 5. The SMILES string of the molecule is O=C(CN1C(=O)[C@@H]2CCCN2c2ncccc21)NCc1cccs1. The van der Waals surface area contributed by atoms with Gasteiger partial charge in [-0.25, -0.2) is 4.98 Å². The summed E-state index contributed by atoms with van der Waals surface area (Å²) in [6.45, 7) is 1.38. The van der Waals surface area contributed by atoms with Gasteiger partial charge in [0.2, 0.25) is 11.8 Å². The number of thiophene rings is 1. The van der Waals surface area contributed by atoms with Gasteiger partial charge in [-0.1, -0.05) is 6.07 Å². The van der Waals surface area contributed by atoms with E-state index in [1.54, 1.807) is 28.5 Å². The number of anilines is 2. The fourth-order valence-electron chi connectivity index (χ4n) is 3.36. The van der Waals surface area contributed by atoms with Crippen molar-refractivity contribution in [2.24, 2.45) is 0 Å². The summed E-state index contributed by atoms with van der Waals surface area (Å²) >= 11 is 1.60. The number of carbonyl (C=O) groups excluding carboxylic acids is 2. The Balaban J connectivity index is 1.52. The highest BCUT2D eigenvalue weighted by Crippen LogP contribution is 2.37. The number of carbonyl (C=O) groups is 2. The van der Waals surface area contributed by atoms with Crippen LogP contribution in [0.1, 0.15) is 17.7 Å². The third-order valence-electron chi connectivity index (χ3n) is 4.47. The molecule has 124 valence electrons. The van der Waals surface area contributed by atoms with Gasteiger partial charge in [-0.3, -0.25) is 14.5 Å². The normalized spacial score (nSPS) is 19.2. The number of fused-ring (bicyclic) bond motifs is 3. The van der Waals surface area contributed by atoms with Crippen molar-refractivity contribution < 1.29 is 9.59 Å². The van der Waals surface area contributed by atoms with E-state index in [2.05, 4.69) is 15.2 Å². The average Bonchev–Trinajstić information content (AvgIpc) is 3.28. The van der Waals surface area contributed by atoms with Gasteiger partial charge in [-0.05, 0) is 36.4 Å². The first kappa shape index (κ1) is 15.1. The van der Waals surface area contributed by atoms with Crippen molar-refractivity contribution in [1.29, 1.82) is 0 Å². The molecule has 6 nitrogen and oxygen atoms in total. The van der Waals surface area contributed by atoms with Gasteiger partial charge in [0.1, 0.15) is 12.6 Å². The summed E-state index contributed by atoms with van der Waals surface area (Å²) in [4.78, 5) is 34.3. The van der Waals surface area contributed by atoms with Crippen LogP contribution in [0, 0.1) is 0 Å². The highest BCUT2D eigenvalue weighted by molar-refractivity contribution is 7.09. The van der Waals surface area contributed by atoms with Crippen LogP contribution >= 0.6 is 11.3 Å². The highest BCUT2D eigenvalue weighted by atomic mass is 32.1. The average molecular weight is 342 g/mol. The fraction of sp³-hybridized carbons (Fsp3) is 0.353. The molecule has 1 atom stereocenters. The molecule has 4 rings (SSSR count). The Labute approximate surface area is 144 Å². The van der Waals surface area contributed by atoms with E-state index in [0.717, 1.165) is 35.8 Å². The number of nitrogens with zero attached hydrogens (tertiary/aromatic N) is 3. The van der Waals surface area contributed by atoms with E-state index in [4.69, 9.17) is 0 Å². The smallest absolute Gasteiger partial charge is 0.250 e. The van der Waals surface area contributed by atoms with Gasteiger partial charge in [-0.2, -0.15) is 0 Å². The quantitative estimate of drug-likeness (QED) is 0.920. The largest absolute Gasteiger partial charge is 0.350 e. The molecule has 0 unspecified atom stereocenters. The van der Waals surface area contributed by atoms with Crippen LogP contribution in [0.5, 0.6) is 0 Å². The lowest BCUT2D eigenvalue weighted by Crippen LogP contribution is -2.53. The van der Waals surface area contributed by atoms with E-state index >= 15 is 0 Å². The van der Waals surface area contributed by atoms with Gasteiger partial charge < -0.3 is 10.2 Å². The van der Waals surface area contributed by atoms with Gasteiger partial charge in [-0.15, -0.1) is 11.3 Å². The monoisotopic (exact) mass is 342 g/mol. The fourth-order valence-corrected chi connectivity index (χ4v) is 4.00. The maximum absolute atomic E-state index is 12.8. The molecule has 0 spiro atoms. The number of nitrogens with one attached hydrogen (secondary N) is 1. The summed E-state index contributed by atoms with van der Waals surface area (Å²) in [5.74, 6) is 0.655. The lowest BCUT2D eigenvalue weighted by molar-refractivity contribution is -0.124. The Morgan fingerprint density at radius 2 is 2.29 bits per heavy atom. The number of pyridine rings is 1. The molecule has 2 aromatic heterocycles. The lowest BCUT2D eigenvalue weighted by Gasteiger charge is -2.38. The van der Waals surface area contributed by atoms with E-state index < -0.39 is 0 Å². The van der Waals surface area contributed by atoms with Crippen LogP contribution in [-0.2, 0) is 16.1 Å². The van der Waals surface area contributed by atoms with Crippen molar-refractivity contribution in [3.63, 3.8) is 0 Å². The minimum Gasteiger partial charge on any atom is -0.350 e. The maximum atomic E-state index is 12.8. The predicted octanol–water partition coefficient (Wildman–Crippen LogP) is 1.77. The third kappa shape index (κ3) is 2.65. The summed E-state index contributed by atoms with van der Waals surface area (Å²) in [7, 11) is 0. The second-order valence-electron chi connectivity index (χ2n) is 5.98. The zero-order valence-corrected chi connectivity index (χ0v) is 14.0. The first-order valence-electron chi connectivity index (χ1n) is 8.06. The molecule has 0 radical (unpaired) electrons. The summed E-state index contributed by atoms with van der Waals surface area (Å²) in [6, 6.07) is 7.42. The zero-order valence-electron chi connectivity index (χ0n) is 13.1. The van der Waals surface area contributed by atoms with Gasteiger partial charge in [0.05, 0.1) is 12.2 Å². The van der Waals surface area contributed by atoms with E-state index in [1.165, 1.54) is 0 Å². The molecule has 2 amide bonds. The van der Waals surface area contributed by atoms with Crippen LogP contribution in [0.3, 0.4) is 0 Å². The van der Waals surface area contributed by atoms with Gasteiger partial charge in [0.25, 0.3) is 0 Å². The van der Waals surface area contributed by atoms with E-state index in [9.17, 15) is 9.59 Å². The van der Waals surface area contributed by atoms with Gasteiger partial charge >= 0.3 is 0 Å². The summed E-state index contributed by atoms with van der Waals surface area (Å²) in [5.41, 5.74) is 0.729. The van der Waals surface area contributed by atoms with Crippen LogP contribution in [-0.4, -0.2) is 35.9 Å². The first-order valence-corrected chi connectivity index (χ1v) is 8.94. The molecule has 2 aliphatic heterocycles. The number of rotatable bonds is 4. The Bertz CT molecular complexity index is 762. The summed E-state index contributed by atoms with van der Waals surface area (Å²) < 4.78 is 0. The summed E-state index contributed by atoms with van der Waals surface area (Å²) in [5, 5.41) is 4.87. The Kier molecular flexibility index (Phi) is 3.93. The standard InChI is InChI=1S/C17H18N4O2S/c22-15(19-10-12-4-3-9-24-12)11-21-13-5-1-7-18-16(13)20-8-2-6-14(20)17(21)23/h1,3-5,7,9,14H,2,6,8,10-11H2,(H,19,22)/t14-/m0/s1. The number of hydrogen-bond donors (Lipinski definition) is 1. The maximum Gasteiger partial charge on any atom is 0.250 e. The number of aromatic nitrogens is 1. The van der Waals surface area contributed by atoms with E-state index in [1.807, 2.05) is 23.6 Å². The second kappa shape index (κ2) is 6.24. The molecule has 2 aromatic rings. The van der Waals surface area contributed by atoms with Crippen LogP contribution in [0.15, 0.2) is 35.8 Å². The Hall–Kier alpha value is -2.41. The molecule has 4 heterocycles. The summed E-state index contributed by atoms with van der Waals surface area (Å²) in [6.07, 6.45) is 3.53. The van der Waals surface area contributed by atoms with E-state index in [-0.39, 0.29) is 24.4 Å². The minimum absolute atomic E-state index is 0.000673. The zero-order chi connectivity index (χ0) is 16.5. The van der Waals surface area contributed by atoms with Crippen molar-refractivity contribution >= 4 is 34.7 Å². The Morgan fingerprint density at radius 3 is 3.12 bits per heavy atom. The molecule has 1 saturated heterocycles. The van der Waals surface area contributed by atoms with Crippen molar-refractivity contribution in [3.8, 4) is 0 Å². The predicted molar refractivity (Wildman–Crippen MR) is 93.1 cm³/mol. The molecule has 0 aromatic carbocycles. The first-order chi connectivity index (χ1) is 11.7. The van der Waals surface area contributed by atoms with Crippen molar-refractivity contribution in [2.75, 3.05) is 22.9 Å². The molecule has 2 aliphatic rings. The Morgan fingerprint density at radius 1 is 1.38 bits per heavy atom. The van der Waals surface area contributed by atoms with Gasteiger partial charge in [0, 0.05) is 17.6 Å². The molecule has 0 aliphatic carbocycles. The van der Waals surface area contributed by atoms with Gasteiger partial charge in [0.15, 0.2) is 5.82 Å². The minimum atomic E-state index is -0.183. The van der Waals surface area contributed by atoms with Crippen LogP contribution in [0.4, 0.5) is 11.5 Å². The molecule has 1 N–H and O–H groups in total. The molecular weight excluding hydrogens is 324 g/mol. The topological polar surface area (TPSA) is 65.5 Å². The molecular formula is C17H18N4O2S. The van der Waals surface area contributed by atoms with Crippen molar-refractivity contribution in [3.05, 3.63) is 40.7 Å². The molecule has 1 fully saturated rings. The van der Waals surface area contributed by atoms with Crippen molar-refractivity contribution in [2.45, 2.75) is 25.4 Å².